The van der Waals surface area contributed by atoms with E-state index in [1.165, 1.54) is 0 Å². The molecule has 0 aliphatic carbocycles. The Labute approximate surface area is 122 Å². The molecule has 4 heteroatoms. The van der Waals surface area contributed by atoms with Crippen LogP contribution in [0, 0.1) is 0 Å². The van der Waals surface area contributed by atoms with Gasteiger partial charge >= 0.3 is 0 Å². The average Bonchev–Trinajstić information content (AvgIpc) is 2.49. The van der Waals surface area contributed by atoms with E-state index < -0.39 is 0 Å². The zero-order chi connectivity index (χ0) is 14.6. The molecule has 1 N–H and O–H groups in total. The van der Waals surface area contributed by atoms with Crippen molar-refractivity contribution in [1.82, 2.24) is 5.32 Å². The van der Waals surface area contributed by atoms with Gasteiger partial charge in [-0.2, -0.15) is 0 Å². The molecule has 0 fully saturated rings. The maximum Gasteiger partial charge on any atom is 0.165 e. The Balaban J connectivity index is 2.52. The summed E-state index contributed by atoms with van der Waals surface area (Å²) in [5.74, 6) is 1.59. The van der Waals surface area contributed by atoms with Crippen LogP contribution < -0.4 is 14.8 Å². The summed E-state index contributed by atoms with van der Waals surface area (Å²) in [6, 6.07) is 5.96. The van der Waals surface area contributed by atoms with Crippen molar-refractivity contribution in [2.24, 2.45) is 0 Å². The second-order valence-corrected chi connectivity index (χ2v) is 4.54. The fourth-order valence-corrected chi connectivity index (χ4v) is 1.84. The van der Waals surface area contributed by atoms with Crippen LogP contribution >= 0.6 is 0 Å². The third-order valence-electron chi connectivity index (χ3n) is 2.96. The Morgan fingerprint density at radius 2 is 1.95 bits per heavy atom. The minimum atomic E-state index is 0.545. The zero-order valence-electron chi connectivity index (χ0n) is 12.9. The number of rotatable bonds is 11. The molecular weight excluding hydrogens is 254 g/mol. The van der Waals surface area contributed by atoms with Gasteiger partial charge in [-0.3, -0.25) is 0 Å². The molecule has 1 aromatic rings. The van der Waals surface area contributed by atoms with Crippen LogP contribution in [0.2, 0.25) is 0 Å². The molecule has 0 saturated carbocycles. The Hall–Kier alpha value is -1.26. The van der Waals surface area contributed by atoms with Gasteiger partial charge in [0.2, 0.25) is 0 Å². The van der Waals surface area contributed by atoms with Crippen molar-refractivity contribution >= 4 is 0 Å². The lowest BCUT2D eigenvalue weighted by Gasteiger charge is -2.15. The van der Waals surface area contributed by atoms with E-state index in [9.17, 15) is 0 Å². The summed E-state index contributed by atoms with van der Waals surface area (Å²) in [6.45, 7) is 7.90. The smallest absolute Gasteiger partial charge is 0.165 e. The van der Waals surface area contributed by atoms with Crippen LogP contribution in [0.3, 0.4) is 0 Å². The van der Waals surface area contributed by atoms with Crippen molar-refractivity contribution < 1.29 is 14.2 Å². The molecule has 0 heterocycles. The first kappa shape index (κ1) is 16.8. The number of ether oxygens (including phenoxy) is 3. The molecule has 0 aliphatic rings. The molecule has 0 saturated heterocycles. The molecule has 4 nitrogen and oxygen atoms in total. The Kier molecular flexibility index (Phi) is 8.83. The van der Waals surface area contributed by atoms with E-state index >= 15 is 0 Å². The van der Waals surface area contributed by atoms with Gasteiger partial charge < -0.3 is 19.5 Å². The number of hydrogen-bond acceptors (Lipinski definition) is 4. The van der Waals surface area contributed by atoms with Crippen molar-refractivity contribution in [3.63, 3.8) is 0 Å². The first-order chi connectivity index (χ1) is 9.83. The third kappa shape index (κ3) is 5.80. The number of methoxy groups -OCH3 is 1. The molecule has 1 aromatic carbocycles. The van der Waals surface area contributed by atoms with E-state index in [2.05, 4.69) is 25.2 Å². The van der Waals surface area contributed by atoms with Crippen LogP contribution in [0.1, 0.15) is 32.3 Å². The van der Waals surface area contributed by atoms with E-state index in [0.717, 1.165) is 49.6 Å². The van der Waals surface area contributed by atoms with Crippen molar-refractivity contribution in [3.8, 4) is 11.5 Å². The van der Waals surface area contributed by atoms with Crippen LogP contribution in [-0.2, 0) is 11.3 Å². The van der Waals surface area contributed by atoms with Gasteiger partial charge in [-0.25, -0.2) is 0 Å². The summed E-state index contributed by atoms with van der Waals surface area (Å²) in [6.07, 6.45) is 2.25. The second-order valence-electron chi connectivity index (χ2n) is 4.54. The van der Waals surface area contributed by atoms with Crippen LogP contribution in [0.4, 0.5) is 0 Å². The normalized spacial score (nSPS) is 10.6. The second kappa shape index (κ2) is 10.5. The van der Waals surface area contributed by atoms with Crippen LogP contribution in [-0.4, -0.2) is 33.5 Å². The van der Waals surface area contributed by atoms with Gasteiger partial charge in [0.1, 0.15) is 6.61 Å². The summed E-state index contributed by atoms with van der Waals surface area (Å²) in [7, 11) is 1.66. The standard InChI is InChI=1S/C16H27NO3/c1-4-6-10-19-11-12-20-16-14(13-17-5-2)8-7-9-15(16)18-3/h7-9,17H,4-6,10-13H2,1-3H3. The van der Waals surface area contributed by atoms with E-state index in [1.807, 2.05) is 12.1 Å². The minimum Gasteiger partial charge on any atom is -0.493 e. The maximum absolute atomic E-state index is 5.85. The highest BCUT2D eigenvalue weighted by atomic mass is 16.5. The van der Waals surface area contributed by atoms with Gasteiger partial charge in [0.05, 0.1) is 13.7 Å². The van der Waals surface area contributed by atoms with Crippen LogP contribution in [0.25, 0.3) is 0 Å². The minimum absolute atomic E-state index is 0.545. The molecule has 0 aliphatic heterocycles. The molecule has 114 valence electrons. The number of benzene rings is 1. The summed E-state index contributed by atoms with van der Waals surface area (Å²) in [4.78, 5) is 0. The lowest BCUT2D eigenvalue weighted by molar-refractivity contribution is 0.0966. The van der Waals surface area contributed by atoms with Gasteiger partial charge in [0, 0.05) is 18.7 Å². The van der Waals surface area contributed by atoms with E-state index in [4.69, 9.17) is 14.2 Å². The van der Waals surface area contributed by atoms with Crippen LogP contribution in [0.5, 0.6) is 11.5 Å². The molecule has 0 atom stereocenters. The summed E-state index contributed by atoms with van der Waals surface area (Å²) >= 11 is 0. The molecular formula is C16H27NO3. The highest BCUT2D eigenvalue weighted by Gasteiger charge is 2.10. The fourth-order valence-electron chi connectivity index (χ4n) is 1.84. The fraction of sp³-hybridized carbons (Fsp3) is 0.625. The van der Waals surface area contributed by atoms with Gasteiger partial charge in [-0.05, 0) is 19.0 Å². The lowest BCUT2D eigenvalue weighted by atomic mass is 10.2. The van der Waals surface area contributed by atoms with Crippen molar-refractivity contribution in [1.29, 1.82) is 0 Å². The highest BCUT2D eigenvalue weighted by molar-refractivity contribution is 5.46. The van der Waals surface area contributed by atoms with Gasteiger partial charge in [0.25, 0.3) is 0 Å². The van der Waals surface area contributed by atoms with E-state index in [1.54, 1.807) is 7.11 Å². The number of nitrogens with one attached hydrogen (secondary N) is 1. The molecule has 0 radical (unpaired) electrons. The van der Waals surface area contributed by atoms with Crippen molar-refractivity contribution in [2.45, 2.75) is 33.2 Å². The Morgan fingerprint density at radius 3 is 2.65 bits per heavy atom. The molecule has 0 amide bonds. The number of para-hydroxylation sites is 1. The molecule has 0 spiro atoms. The van der Waals surface area contributed by atoms with E-state index in [0.29, 0.717) is 13.2 Å². The molecule has 0 unspecified atom stereocenters. The predicted molar refractivity (Wildman–Crippen MR) is 81.6 cm³/mol. The highest BCUT2D eigenvalue weighted by Crippen LogP contribution is 2.30. The molecule has 0 bridgehead atoms. The van der Waals surface area contributed by atoms with Crippen LogP contribution in [0.15, 0.2) is 18.2 Å². The molecule has 1 rings (SSSR count). The summed E-state index contributed by atoms with van der Waals surface area (Å²) in [5.41, 5.74) is 1.11. The van der Waals surface area contributed by atoms with Crippen molar-refractivity contribution in [3.05, 3.63) is 23.8 Å². The monoisotopic (exact) mass is 281 g/mol. The molecule has 20 heavy (non-hydrogen) atoms. The van der Waals surface area contributed by atoms with Gasteiger partial charge in [-0.1, -0.05) is 32.4 Å². The van der Waals surface area contributed by atoms with E-state index in [-0.39, 0.29) is 0 Å². The predicted octanol–water partition coefficient (Wildman–Crippen LogP) is 3.00. The Bertz CT molecular complexity index is 369. The number of hydrogen-bond donors (Lipinski definition) is 1. The molecule has 0 aromatic heterocycles. The Morgan fingerprint density at radius 1 is 1.10 bits per heavy atom. The average molecular weight is 281 g/mol. The van der Waals surface area contributed by atoms with Gasteiger partial charge in [0.15, 0.2) is 11.5 Å². The topological polar surface area (TPSA) is 39.7 Å². The first-order valence-corrected chi connectivity index (χ1v) is 7.40. The summed E-state index contributed by atoms with van der Waals surface area (Å²) < 4.78 is 16.7. The maximum atomic E-state index is 5.85. The van der Waals surface area contributed by atoms with Crippen molar-refractivity contribution in [2.75, 3.05) is 33.5 Å². The largest absolute Gasteiger partial charge is 0.493 e. The number of unbranched alkanes of at least 4 members (excludes halogenated alkanes) is 1. The first-order valence-electron chi connectivity index (χ1n) is 7.40. The third-order valence-corrected chi connectivity index (χ3v) is 2.96. The summed E-state index contributed by atoms with van der Waals surface area (Å²) in [5, 5.41) is 3.31. The zero-order valence-corrected chi connectivity index (χ0v) is 12.9. The lowest BCUT2D eigenvalue weighted by Crippen LogP contribution is -2.14. The quantitative estimate of drug-likeness (QED) is 0.633. The SMILES string of the molecule is CCCCOCCOc1c(CNCC)cccc1OC. The van der Waals surface area contributed by atoms with Gasteiger partial charge in [-0.15, -0.1) is 0 Å².